The van der Waals surface area contributed by atoms with Crippen LogP contribution in [0.3, 0.4) is 0 Å². The second kappa shape index (κ2) is 10.4. The van der Waals surface area contributed by atoms with E-state index in [2.05, 4.69) is 10.9 Å². The number of rotatable bonds is 6. The molecule has 0 fully saturated rings. The molecule has 3 heterocycles. The van der Waals surface area contributed by atoms with E-state index in [-0.39, 0.29) is 23.4 Å². The smallest absolute Gasteiger partial charge is 0.338 e. The number of fused-ring (bicyclic) bond motifs is 2. The molecule has 10 heteroatoms. The number of nitro groups is 1. The lowest BCUT2D eigenvalue weighted by atomic mass is 9.94. The molecule has 0 saturated carbocycles. The van der Waals surface area contributed by atoms with Crippen molar-refractivity contribution in [2.24, 2.45) is 4.99 Å². The van der Waals surface area contributed by atoms with Crippen LogP contribution in [0.2, 0.25) is 0 Å². The summed E-state index contributed by atoms with van der Waals surface area (Å²) in [6.07, 6.45) is 7.45. The van der Waals surface area contributed by atoms with Gasteiger partial charge in [0.25, 0.3) is 11.2 Å². The third-order valence-corrected chi connectivity index (χ3v) is 8.05. The molecule has 0 amide bonds. The lowest BCUT2D eigenvalue weighted by Gasteiger charge is -2.24. The molecule has 2 aromatic carbocycles. The first-order chi connectivity index (χ1) is 19.2. The molecule has 1 aliphatic heterocycles. The van der Waals surface area contributed by atoms with Gasteiger partial charge in [-0.1, -0.05) is 47.6 Å². The number of nitrogens with zero attached hydrogens (tertiary/aromatic N) is 4. The van der Waals surface area contributed by atoms with E-state index in [1.54, 1.807) is 32.9 Å². The fourth-order valence-corrected chi connectivity index (χ4v) is 6.19. The molecule has 5 rings (SSSR count). The van der Waals surface area contributed by atoms with Gasteiger partial charge in [-0.15, -0.1) is 6.42 Å². The first-order valence-corrected chi connectivity index (χ1v) is 13.5. The predicted molar refractivity (Wildman–Crippen MR) is 154 cm³/mol. The van der Waals surface area contributed by atoms with Crippen LogP contribution in [0.4, 0.5) is 5.69 Å². The third kappa shape index (κ3) is 4.34. The van der Waals surface area contributed by atoms with Gasteiger partial charge in [0, 0.05) is 33.8 Å². The summed E-state index contributed by atoms with van der Waals surface area (Å²) < 4.78 is 9.19. The molecule has 1 atom stereocenters. The number of para-hydroxylation sites is 1. The van der Waals surface area contributed by atoms with E-state index in [1.807, 2.05) is 41.8 Å². The SMILES string of the molecule is C#CCn1c(C)c(/C=c2/sc3n(c2=O)[C@@H](c2ccc(C)c([N+](=O)[O-])c2)C(C(=O)OCC)=C(C)N=3)c2ccccc21. The molecule has 0 spiro atoms. The van der Waals surface area contributed by atoms with Crippen LogP contribution in [0.5, 0.6) is 0 Å². The number of thiazole rings is 1. The Kier molecular flexibility index (Phi) is 7.00. The minimum absolute atomic E-state index is 0.102. The van der Waals surface area contributed by atoms with E-state index in [1.165, 1.54) is 22.0 Å². The second-order valence-corrected chi connectivity index (χ2v) is 10.4. The normalized spacial score (nSPS) is 15.1. The first kappa shape index (κ1) is 26.8. The summed E-state index contributed by atoms with van der Waals surface area (Å²) >= 11 is 1.20. The van der Waals surface area contributed by atoms with Gasteiger partial charge in [-0.25, -0.2) is 9.79 Å². The number of terminal acetylenes is 1. The van der Waals surface area contributed by atoms with Crippen molar-refractivity contribution in [1.29, 1.82) is 0 Å². The highest BCUT2D eigenvalue weighted by Gasteiger charge is 2.34. The van der Waals surface area contributed by atoms with Crippen molar-refractivity contribution in [1.82, 2.24) is 9.13 Å². The maximum absolute atomic E-state index is 14.0. The molecule has 2 aromatic heterocycles. The second-order valence-electron chi connectivity index (χ2n) is 9.41. The number of aryl methyl sites for hydroxylation is 1. The van der Waals surface area contributed by atoms with E-state index in [0.717, 1.165) is 22.2 Å². The van der Waals surface area contributed by atoms with Gasteiger partial charge in [-0.2, -0.15) is 0 Å². The van der Waals surface area contributed by atoms with Crippen LogP contribution < -0.4 is 14.9 Å². The number of nitro benzene ring substituents is 1. The number of allylic oxidation sites excluding steroid dienone is 1. The Labute approximate surface area is 233 Å². The van der Waals surface area contributed by atoms with E-state index < -0.39 is 16.9 Å². The average Bonchev–Trinajstić information content (AvgIpc) is 3.37. The average molecular weight is 555 g/mol. The van der Waals surface area contributed by atoms with Crippen LogP contribution in [0.1, 0.15) is 42.3 Å². The Morgan fingerprint density at radius 3 is 2.70 bits per heavy atom. The van der Waals surface area contributed by atoms with Gasteiger partial charge < -0.3 is 9.30 Å². The van der Waals surface area contributed by atoms with Crippen LogP contribution in [0, 0.1) is 36.3 Å². The fraction of sp³-hybridized carbons (Fsp3) is 0.233. The molecule has 4 aromatic rings. The minimum atomic E-state index is -0.944. The minimum Gasteiger partial charge on any atom is -0.463 e. The number of carbonyl (C=O) groups is 1. The Bertz CT molecular complexity index is 1970. The highest BCUT2D eigenvalue weighted by Crippen LogP contribution is 2.33. The predicted octanol–water partition coefficient (Wildman–Crippen LogP) is 3.91. The van der Waals surface area contributed by atoms with E-state index in [9.17, 15) is 19.7 Å². The monoisotopic (exact) mass is 554 g/mol. The van der Waals surface area contributed by atoms with Gasteiger partial charge in [0.1, 0.15) is 0 Å². The molecular formula is C30H26N4O5S. The van der Waals surface area contributed by atoms with Crippen molar-refractivity contribution >= 4 is 40.0 Å². The van der Waals surface area contributed by atoms with E-state index in [0.29, 0.717) is 32.7 Å². The molecule has 40 heavy (non-hydrogen) atoms. The Hall–Kier alpha value is -4.75. The molecule has 9 nitrogen and oxygen atoms in total. The standard InChI is InChI=1S/C30H26N4O5S/c1-6-14-32-19(5)22(21-10-8-9-11-23(21)32)16-25-28(35)33-27(20-13-12-17(3)24(15-20)34(37)38)26(29(36)39-7-2)18(4)31-30(33)40-25/h1,8-13,15-16,27H,7,14H2,2-5H3/b25-16+/t27-/m0/s1. The van der Waals surface area contributed by atoms with Crippen molar-refractivity contribution in [3.63, 3.8) is 0 Å². The van der Waals surface area contributed by atoms with Crippen LogP contribution in [-0.2, 0) is 16.1 Å². The molecule has 0 aliphatic carbocycles. The van der Waals surface area contributed by atoms with Crippen molar-refractivity contribution in [3.05, 3.63) is 106 Å². The van der Waals surface area contributed by atoms with Crippen molar-refractivity contribution in [3.8, 4) is 12.3 Å². The zero-order valence-corrected chi connectivity index (χ0v) is 23.2. The van der Waals surface area contributed by atoms with Gasteiger partial charge in [0.15, 0.2) is 4.80 Å². The summed E-state index contributed by atoms with van der Waals surface area (Å²) in [5.41, 5.74) is 3.72. The number of aromatic nitrogens is 2. The van der Waals surface area contributed by atoms with E-state index >= 15 is 0 Å². The topological polar surface area (TPSA) is 109 Å². The summed E-state index contributed by atoms with van der Waals surface area (Å²) in [5.74, 6) is 2.06. The maximum atomic E-state index is 14.0. The first-order valence-electron chi connectivity index (χ1n) is 12.6. The number of carbonyl (C=O) groups excluding carboxylic acids is 1. The van der Waals surface area contributed by atoms with Gasteiger partial charge in [0.05, 0.1) is 39.9 Å². The zero-order chi connectivity index (χ0) is 28.7. The highest BCUT2D eigenvalue weighted by molar-refractivity contribution is 7.07. The van der Waals surface area contributed by atoms with Crippen LogP contribution in [-0.4, -0.2) is 26.6 Å². The number of hydrogen-bond donors (Lipinski definition) is 0. The number of benzene rings is 2. The van der Waals surface area contributed by atoms with Crippen molar-refractivity contribution in [2.45, 2.75) is 40.3 Å². The zero-order valence-electron chi connectivity index (χ0n) is 22.4. The van der Waals surface area contributed by atoms with Gasteiger partial charge in [-0.05, 0) is 45.4 Å². The van der Waals surface area contributed by atoms with Crippen molar-refractivity contribution in [2.75, 3.05) is 6.61 Å². The quantitative estimate of drug-likeness (QED) is 0.155. The maximum Gasteiger partial charge on any atom is 0.338 e. The van der Waals surface area contributed by atoms with Crippen LogP contribution in [0.25, 0.3) is 17.0 Å². The van der Waals surface area contributed by atoms with Crippen molar-refractivity contribution < 1.29 is 14.5 Å². The molecule has 0 N–H and O–H groups in total. The van der Waals surface area contributed by atoms with Gasteiger partial charge in [0.2, 0.25) is 0 Å². The molecule has 0 saturated heterocycles. The Morgan fingerprint density at radius 2 is 2.00 bits per heavy atom. The van der Waals surface area contributed by atoms with Crippen LogP contribution >= 0.6 is 11.3 Å². The highest BCUT2D eigenvalue weighted by atomic mass is 32.1. The molecule has 202 valence electrons. The molecule has 0 bridgehead atoms. The third-order valence-electron chi connectivity index (χ3n) is 7.07. The summed E-state index contributed by atoms with van der Waals surface area (Å²) in [6.45, 7) is 7.47. The summed E-state index contributed by atoms with van der Waals surface area (Å²) in [5, 5.41) is 12.7. The Morgan fingerprint density at radius 1 is 1.25 bits per heavy atom. The largest absolute Gasteiger partial charge is 0.463 e. The molecule has 1 aliphatic rings. The van der Waals surface area contributed by atoms with Gasteiger partial charge in [-0.3, -0.25) is 19.5 Å². The lowest BCUT2D eigenvalue weighted by Crippen LogP contribution is -2.40. The molecule has 0 radical (unpaired) electrons. The summed E-state index contributed by atoms with van der Waals surface area (Å²) in [6, 6.07) is 11.6. The lowest BCUT2D eigenvalue weighted by molar-refractivity contribution is -0.385. The summed E-state index contributed by atoms with van der Waals surface area (Å²) in [7, 11) is 0. The molecular weight excluding hydrogens is 528 g/mol. The number of esters is 1. The summed E-state index contributed by atoms with van der Waals surface area (Å²) in [4.78, 5) is 43.4. The van der Waals surface area contributed by atoms with E-state index in [4.69, 9.17) is 11.2 Å². The number of hydrogen-bond acceptors (Lipinski definition) is 7. The van der Waals surface area contributed by atoms with Gasteiger partial charge >= 0.3 is 5.97 Å². The molecule has 0 unspecified atom stereocenters. The van der Waals surface area contributed by atoms with Crippen LogP contribution in [0.15, 0.2) is 63.5 Å². The fourth-order valence-electron chi connectivity index (χ4n) is 5.17. The Balaban J connectivity index is 1.79. The number of ether oxygens (including phenoxy) is 1.